The lowest BCUT2D eigenvalue weighted by atomic mass is 9.88. The van der Waals surface area contributed by atoms with Crippen molar-refractivity contribution in [2.24, 2.45) is 5.92 Å². The van der Waals surface area contributed by atoms with Crippen molar-refractivity contribution >= 4 is 25.4 Å². The molecule has 2 rings (SSSR count). The minimum atomic E-state index is -4.97. The maximum absolute atomic E-state index is 13.0. The summed E-state index contributed by atoms with van der Waals surface area (Å²) in [5, 5.41) is 11.7. The fraction of sp³-hybridized carbons (Fsp3) is 0.571. The Morgan fingerprint density at radius 2 is 1.74 bits per heavy atom. The summed E-state index contributed by atoms with van der Waals surface area (Å²) in [6.07, 6.45) is -3.90. The summed E-state index contributed by atoms with van der Waals surface area (Å²) >= 11 is 0. The van der Waals surface area contributed by atoms with Gasteiger partial charge in [0.1, 0.15) is 11.8 Å². The quantitative estimate of drug-likeness (QED) is 0.337. The molecule has 10 nitrogen and oxygen atoms in total. The number of ketones is 1. The van der Waals surface area contributed by atoms with Crippen molar-refractivity contribution in [2.75, 3.05) is 26.3 Å². The van der Waals surface area contributed by atoms with Crippen LogP contribution in [0.2, 0.25) is 0 Å². The van der Waals surface area contributed by atoms with Crippen LogP contribution in [-0.2, 0) is 29.6 Å². The predicted molar refractivity (Wildman–Crippen MR) is 116 cm³/mol. The van der Waals surface area contributed by atoms with Gasteiger partial charge >= 0.3 is 14.0 Å². The number of hydrogen-bond donors (Lipinski definition) is 4. The molecular formula is C21H28F3N2O8P. The third kappa shape index (κ3) is 9.01. The fourth-order valence-electron chi connectivity index (χ4n) is 3.82. The number of hydrogen-bond acceptors (Lipinski definition) is 6. The summed E-state index contributed by atoms with van der Waals surface area (Å²) < 4.78 is 53.9. The maximum atomic E-state index is 13.0. The van der Waals surface area contributed by atoms with Crippen LogP contribution in [0.5, 0.6) is 0 Å². The number of carbonyl (C=O) groups is 3. The third-order valence-corrected chi connectivity index (χ3v) is 6.15. The number of piperidine rings is 1. The van der Waals surface area contributed by atoms with Crippen molar-refractivity contribution < 1.29 is 51.5 Å². The molecule has 1 aromatic carbocycles. The van der Waals surface area contributed by atoms with E-state index in [-0.39, 0.29) is 31.2 Å². The van der Waals surface area contributed by atoms with Gasteiger partial charge in [-0.3, -0.25) is 14.1 Å². The molecule has 1 fully saturated rings. The van der Waals surface area contributed by atoms with E-state index in [4.69, 9.17) is 9.79 Å². The van der Waals surface area contributed by atoms with E-state index >= 15 is 0 Å². The maximum Gasteiger partial charge on any atom is 0.469 e. The highest BCUT2D eigenvalue weighted by Crippen LogP contribution is 2.36. The van der Waals surface area contributed by atoms with Gasteiger partial charge in [-0.05, 0) is 43.4 Å². The van der Waals surface area contributed by atoms with Crippen LogP contribution in [0.1, 0.15) is 43.2 Å². The number of amides is 2. The average molecular weight is 524 g/mol. The first-order valence-electron chi connectivity index (χ1n) is 10.8. The van der Waals surface area contributed by atoms with Crippen molar-refractivity contribution in [3.63, 3.8) is 0 Å². The van der Waals surface area contributed by atoms with E-state index in [9.17, 15) is 37.2 Å². The number of phosphoric ester groups is 1. The van der Waals surface area contributed by atoms with Crippen molar-refractivity contribution in [2.45, 2.75) is 44.3 Å². The van der Waals surface area contributed by atoms with Gasteiger partial charge in [0.15, 0.2) is 0 Å². The van der Waals surface area contributed by atoms with Crippen LogP contribution in [0, 0.1) is 5.92 Å². The molecule has 0 aliphatic carbocycles. The Balaban J connectivity index is 2.06. The Morgan fingerprint density at radius 3 is 2.20 bits per heavy atom. The van der Waals surface area contributed by atoms with E-state index in [0.29, 0.717) is 18.4 Å². The first-order valence-corrected chi connectivity index (χ1v) is 12.3. The molecule has 196 valence electrons. The summed E-state index contributed by atoms with van der Waals surface area (Å²) in [6, 6.07) is 3.30. The summed E-state index contributed by atoms with van der Waals surface area (Å²) in [7, 11) is -4.97. The Kier molecular flexibility index (Phi) is 9.99. The predicted octanol–water partition coefficient (Wildman–Crippen LogP) is 1.59. The first kappa shape index (κ1) is 28.9. The number of phosphoric acid groups is 1. The number of benzene rings is 1. The molecule has 0 saturated carbocycles. The molecule has 1 heterocycles. The first-order chi connectivity index (χ1) is 16.2. The molecule has 2 atom stereocenters. The van der Waals surface area contributed by atoms with E-state index in [2.05, 4.69) is 9.84 Å². The molecule has 35 heavy (non-hydrogen) atoms. The van der Waals surface area contributed by atoms with E-state index < -0.39 is 56.6 Å². The van der Waals surface area contributed by atoms with Gasteiger partial charge in [0, 0.05) is 19.5 Å². The van der Waals surface area contributed by atoms with E-state index in [0.717, 1.165) is 12.1 Å². The standard InChI is InChI=1S/C21H28F3N2O8P/c1-13(28)10-16(11-27)19(29)25-18(12-34-35(31,32)33)20(30)26-8-6-15(7-9-26)14-2-4-17(5-3-14)21(22,23)24/h2-5,15-16,18,27H,6-12H2,1H3,(H,25,29)(H2,31,32,33)/t16-,18-/m0/s1. The summed E-state index contributed by atoms with van der Waals surface area (Å²) in [5.74, 6) is -3.16. The van der Waals surface area contributed by atoms with Crippen LogP contribution in [0.15, 0.2) is 24.3 Å². The van der Waals surface area contributed by atoms with E-state index in [1.54, 1.807) is 0 Å². The molecule has 0 bridgehead atoms. The number of alkyl halides is 3. The number of likely N-dealkylation sites (tertiary alicyclic amines) is 1. The zero-order chi connectivity index (χ0) is 26.4. The second-order valence-corrected chi connectivity index (χ2v) is 9.59. The Labute approximate surface area is 199 Å². The van der Waals surface area contributed by atoms with Crippen LogP contribution in [0.3, 0.4) is 0 Å². The number of aliphatic hydroxyl groups excluding tert-OH is 1. The molecule has 0 unspecified atom stereocenters. The van der Waals surface area contributed by atoms with Crippen molar-refractivity contribution in [1.29, 1.82) is 0 Å². The molecule has 1 saturated heterocycles. The van der Waals surface area contributed by atoms with E-state index in [1.165, 1.54) is 24.0 Å². The third-order valence-electron chi connectivity index (χ3n) is 5.67. The second-order valence-electron chi connectivity index (χ2n) is 8.35. The minimum Gasteiger partial charge on any atom is -0.396 e. The largest absolute Gasteiger partial charge is 0.469 e. The Morgan fingerprint density at radius 1 is 1.17 bits per heavy atom. The highest BCUT2D eigenvalue weighted by Gasteiger charge is 2.34. The van der Waals surface area contributed by atoms with Crippen molar-refractivity contribution in [3.8, 4) is 0 Å². The lowest BCUT2D eigenvalue weighted by Crippen LogP contribution is -2.54. The van der Waals surface area contributed by atoms with Gasteiger partial charge in [0.2, 0.25) is 11.8 Å². The number of halogens is 3. The molecule has 0 radical (unpaired) electrons. The van der Waals surface area contributed by atoms with Crippen LogP contribution in [0.4, 0.5) is 13.2 Å². The van der Waals surface area contributed by atoms with Gasteiger partial charge in [-0.25, -0.2) is 4.57 Å². The molecule has 1 aliphatic rings. The van der Waals surface area contributed by atoms with Gasteiger partial charge in [0.25, 0.3) is 0 Å². The van der Waals surface area contributed by atoms with Crippen LogP contribution in [0.25, 0.3) is 0 Å². The highest BCUT2D eigenvalue weighted by molar-refractivity contribution is 7.46. The summed E-state index contributed by atoms with van der Waals surface area (Å²) in [5.41, 5.74) is -0.0711. The molecule has 14 heteroatoms. The van der Waals surface area contributed by atoms with Gasteiger partial charge < -0.3 is 29.9 Å². The minimum absolute atomic E-state index is 0.102. The highest BCUT2D eigenvalue weighted by atomic mass is 31.2. The van der Waals surface area contributed by atoms with E-state index in [1.807, 2.05) is 0 Å². The number of nitrogens with zero attached hydrogens (tertiary/aromatic N) is 1. The number of carbonyl (C=O) groups excluding carboxylic acids is 3. The number of nitrogens with one attached hydrogen (secondary N) is 1. The number of Topliss-reactive ketones (excluding diaryl/α,β-unsaturated/α-hetero) is 1. The Bertz CT molecular complexity index is 943. The lowest BCUT2D eigenvalue weighted by Gasteiger charge is -2.35. The number of rotatable bonds is 10. The average Bonchev–Trinajstić information content (AvgIpc) is 2.78. The van der Waals surface area contributed by atoms with Gasteiger partial charge in [-0.1, -0.05) is 12.1 Å². The summed E-state index contributed by atoms with van der Waals surface area (Å²) in [6.45, 7) is 0.0692. The van der Waals surface area contributed by atoms with Gasteiger partial charge in [0.05, 0.1) is 24.7 Å². The monoisotopic (exact) mass is 524 g/mol. The Hall–Kier alpha value is -2.31. The molecule has 2 amide bonds. The fourth-order valence-corrected chi connectivity index (χ4v) is 4.16. The zero-order valence-corrected chi connectivity index (χ0v) is 19.8. The second kappa shape index (κ2) is 12.1. The smallest absolute Gasteiger partial charge is 0.396 e. The molecule has 0 aromatic heterocycles. The topological polar surface area (TPSA) is 153 Å². The molecule has 1 aromatic rings. The normalized spacial score (nSPS) is 17.1. The lowest BCUT2D eigenvalue weighted by molar-refractivity contribution is -0.140. The van der Waals surface area contributed by atoms with Crippen LogP contribution >= 0.6 is 7.82 Å². The molecular weight excluding hydrogens is 496 g/mol. The van der Waals surface area contributed by atoms with Crippen LogP contribution in [-0.4, -0.2) is 69.7 Å². The van der Waals surface area contributed by atoms with Crippen molar-refractivity contribution in [1.82, 2.24) is 10.2 Å². The number of aliphatic hydroxyl groups is 1. The molecule has 0 spiro atoms. The molecule has 4 N–H and O–H groups in total. The summed E-state index contributed by atoms with van der Waals surface area (Å²) in [4.78, 5) is 56.1. The van der Waals surface area contributed by atoms with Crippen molar-refractivity contribution in [3.05, 3.63) is 35.4 Å². The molecule has 1 aliphatic heterocycles. The van der Waals surface area contributed by atoms with Gasteiger partial charge in [-0.2, -0.15) is 13.2 Å². The van der Waals surface area contributed by atoms with Crippen LogP contribution < -0.4 is 5.32 Å². The SMILES string of the molecule is CC(=O)C[C@@H](CO)C(=O)N[C@@H](COP(=O)(O)O)C(=O)N1CCC(c2ccc(C(F)(F)F)cc2)CC1. The zero-order valence-electron chi connectivity index (χ0n) is 18.9. The van der Waals surface area contributed by atoms with Gasteiger partial charge in [-0.15, -0.1) is 0 Å².